The average molecular weight is 544 g/mol. The number of carbonyl (C=O) groups excluding carboxylic acids is 1. The van der Waals surface area contributed by atoms with Crippen molar-refractivity contribution in [1.82, 2.24) is 5.32 Å². The van der Waals surface area contributed by atoms with Crippen LogP contribution in [-0.4, -0.2) is 18.2 Å². The highest BCUT2D eigenvalue weighted by molar-refractivity contribution is 9.10. The number of nitrogens with zero attached hydrogens (tertiary/aromatic N) is 2. The Morgan fingerprint density at radius 3 is 2.57 bits per heavy atom. The van der Waals surface area contributed by atoms with E-state index < -0.39 is 0 Å². The molecule has 0 bridgehead atoms. The molecule has 1 atom stereocenters. The molecule has 1 amide bonds. The Morgan fingerprint density at radius 2 is 1.90 bits per heavy atom. The normalized spacial score (nSPS) is 15.9. The zero-order chi connectivity index (χ0) is 21.3. The lowest BCUT2D eigenvalue weighted by Crippen LogP contribution is -2.28. The molecule has 1 aliphatic rings. The largest absolute Gasteiger partial charge is 0.346 e. The predicted molar refractivity (Wildman–Crippen MR) is 130 cm³/mol. The highest BCUT2D eigenvalue weighted by atomic mass is 79.9. The fourth-order valence-electron chi connectivity index (χ4n) is 3.22. The predicted octanol–water partition coefficient (Wildman–Crippen LogP) is 7.21. The minimum absolute atomic E-state index is 0.0418. The number of amides is 1. The Labute approximate surface area is 201 Å². The van der Waals surface area contributed by atoms with Gasteiger partial charge in [0.25, 0.3) is 5.91 Å². The molecule has 4 rings (SSSR count). The van der Waals surface area contributed by atoms with E-state index in [-0.39, 0.29) is 11.9 Å². The summed E-state index contributed by atoms with van der Waals surface area (Å²) in [6.07, 6.45) is 0.659. The first-order chi connectivity index (χ1) is 14.4. The van der Waals surface area contributed by atoms with Gasteiger partial charge in [0, 0.05) is 15.9 Å². The van der Waals surface area contributed by atoms with E-state index in [1.54, 1.807) is 24.3 Å². The molecular formula is C21H15BrCl3N3OS. The van der Waals surface area contributed by atoms with E-state index in [0.717, 1.165) is 21.4 Å². The molecule has 0 saturated carbocycles. The van der Waals surface area contributed by atoms with Gasteiger partial charge in [0.15, 0.2) is 0 Å². The second kappa shape index (κ2) is 9.28. The number of hydrazone groups is 1. The summed E-state index contributed by atoms with van der Waals surface area (Å²) in [5.41, 5.74) is 2.71. The van der Waals surface area contributed by atoms with Crippen LogP contribution in [0.4, 0.5) is 5.69 Å². The fraction of sp³-hybridized carbons (Fsp3) is 0.143. The first kappa shape index (κ1) is 21.7. The van der Waals surface area contributed by atoms with Crippen molar-refractivity contribution in [1.29, 1.82) is 0 Å². The van der Waals surface area contributed by atoms with E-state index in [4.69, 9.17) is 39.9 Å². The summed E-state index contributed by atoms with van der Waals surface area (Å²) < 4.78 is 1.58. The van der Waals surface area contributed by atoms with E-state index in [1.807, 2.05) is 23.2 Å². The first-order valence-corrected chi connectivity index (χ1v) is 11.7. The van der Waals surface area contributed by atoms with Crippen molar-refractivity contribution in [2.45, 2.75) is 12.5 Å². The zero-order valence-electron chi connectivity index (χ0n) is 15.4. The van der Waals surface area contributed by atoms with Crippen LogP contribution in [0.5, 0.6) is 0 Å². The van der Waals surface area contributed by atoms with Crippen LogP contribution in [-0.2, 0) is 0 Å². The van der Waals surface area contributed by atoms with Crippen LogP contribution in [0.2, 0.25) is 14.4 Å². The molecule has 1 aliphatic heterocycles. The number of halogens is 4. The first-order valence-electron chi connectivity index (χ1n) is 9.00. The van der Waals surface area contributed by atoms with Crippen LogP contribution in [0.25, 0.3) is 0 Å². The molecule has 2 heterocycles. The van der Waals surface area contributed by atoms with Crippen LogP contribution >= 0.6 is 62.1 Å². The van der Waals surface area contributed by atoms with Gasteiger partial charge in [-0.1, -0.05) is 62.9 Å². The van der Waals surface area contributed by atoms with Crippen molar-refractivity contribution in [3.63, 3.8) is 0 Å². The van der Waals surface area contributed by atoms with Gasteiger partial charge in [-0.2, -0.15) is 5.10 Å². The summed E-state index contributed by atoms with van der Waals surface area (Å²) in [6, 6.07) is 16.8. The van der Waals surface area contributed by atoms with Crippen molar-refractivity contribution in [2.24, 2.45) is 5.10 Å². The van der Waals surface area contributed by atoms with Gasteiger partial charge in [0.2, 0.25) is 0 Å². The van der Waals surface area contributed by atoms with Gasteiger partial charge < -0.3 is 5.32 Å². The molecule has 0 spiro atoms. The van der Waals surface area contributed by atoms with Crippen LogP contribution in [0.3, 0.4) is 0 Å². The smallest absolute Gasteiger partial charge is 0.261 e. The zero-order valence-corrected chi connectivity index (χ0v) is 20.1. The average Bonchev–Trinajstić information content (AvgIpc) is 3.33. The summed E-state index contributed by atoms with van der Waals surface area (Å²) in [6.45, 7) is 0.336. The number of anilines is 1. The van der Waals surface area contributed by atoms with Crippen LogP contribution in [0, 0.1) is 0 Å². The Kier molecular flexibility index (Phi) is 6.70. The minimum atomic E-state index is -0.169. The van der Waals surface area contributed by atoms with Crippen molar-refractivity contribution in [2.75, 3.05) is 11.6 Å². The Morgan fingerprint density at radius 1 is 1.13 bits per heavy atom. The summed E-state index contributed by atoms with van der Waals surface area (Å²) in [5.74, 6) is -0.169. The lowest BCUT2D eigenvalue weighted by atomic mass is 10.0. The highest BCUT2D eigenvalue weighted by Gasteiger charge is 2.30. The third-order valence-corrected chi connectivity index (χ3v) is 6.93. The number of carbonyl (C=O) groups is 1. The highest BCUT2D eigenvalue weighted by Crippen LogP contribution is 2.39. The van der Waals surface area contributed by atoms with Gasteiger partial charge in [-0.15, -0.1) is 11.3 Å². The molecule has 9 heteroatoms. The van der Waals surface area contributed by atoms with Gasteiger partial charge in [0.1, 0.15) is 0 Å². The molecule has 30 heavy (non-hydrogen) atoms. The summed E-state index contributed by atoms with van der Waals surface area (Å²) in [5, 5.41) is 10.7. The van der Waals surface area contributed by atoms with Crippen molar-refractivity contribution in [3.8, 4) is 0 Å². The number of thiophene rings is 1. The molecule has 1 aromatic heterocycles. The Balaban J connectivity index is 1.58. The summed E-state index contributed by atoms with van der Waals surface area (Å²) in [4.78, 5) is 12.9. The van der Waals surface area contributed by atoms with Gasteiger partial charge in [-0.05, 0) is 48.0 Å². The van der Waals surface area contributed by atoms with E-state index in [0.29, 0.717) is 32.2 Å². The van der Waals surface area contributed by atoms with Crippen LogP contribution in [0.15, 0.2) is 64.2 Å². The topological polar surface area (TPSA) is 44.7 Å². The molecule has 154 valence electrons. The van der Waals surface area contributed by atoms with Crippen LogP contribution in [0.1, 0.15) is 27.7 Å². The third kappa shape index (κ3) is 4.84. The van der Waals surface area contributed by atoms with Gasteiger partial charge in [-0.25, -0.2) is 0 Å². The molecule has 1 unspecified atom stereocenters. The fourth-order valence-corrected chi connectivity index (χ4v) is 4.94. The number of benzene rings is 2. The molecule has 0 saturated heterocycles. The monoisotopic (exact) mass is 541 g/mol. The van der Waals surface area contributed by atoms with Crippen molar-refractivity contribution >= 4 is 79.4 Å². The molecule has 4 nitrogen and oxygen atoms in total. The molecule has 0 radical (unpaired) electrons. The minimum Gasteiger partial charge on any atom is -0.346 e. The number of hydrogen-bond acceptors (Lipinski definition) is 4. The Bertz CT molecular complexity index is 1120. The van der Waals surface area contributed by atoms with Gasteiger partial charge in [-0.3, -0.25) is 9.80 Å². The SMILES string of the molecule is O=C(NCC1=NN(c2ccc(Cl)cc2Cl)C(c2ccc(Br)cc2)C1)c1ccc(Cl)s1. The van der Waals surface area contributed by atoms with Gasteiger partial charge >= 0.3 is 0 Å². The third-order valence-electron chi connectivity index (χ3n) is 4.63. The molecule has 3 aromatic rings. The second-order valence-corrected chi connectivity index (χ2v) is 10.1. The van der Waals surface area contributed by atoms with Crippen molar-refractivity contribution < 1.29 is 4.79 Å². The lowest BCUT2D eigenvalue weighted by molar-refractivity contribution is 0.0963. The maximum atomic E-state index is 12.4. The number of rotatable bonds is 5. The standard InChI is InChI=1S/C21H15BrCl3N3OS/c22-13-3-1-12(2-4-13)18-10-15(11-26-21(29)19-7-8-20(25)30-19)27-28(18)17-6-5-14(23)9-16(17)24/h1-9,18H,10-11H2,(H,26,29). The maximum Gasteiger partial charge on any atom is 0.261 e. The lowest BCUT2D eigenvalue weighted by Gasteiger charge is -2.25. The Hall–Kier alpha value is -1.57. The number of nitrogens with one attached hydrogen (secondary N) is 1. The van der Waals surface area contributed by atoms with E-state index in [9.17, 15) is 4.79 Å². The second-order valence-electron chi connectivity index (χ2n) is 6.66. The molecule has 2 aromatic carbocycles. The molecule has 1 N–H and O–H groups in total. The maximum absolute atomic E-state index is 12.4. The van der Waals surface area contributed by atoms with E-state index >= 15 is 0 Å². The molecule has 0 fully saturated rings. The van der Waals surface area contributed by atoms with Gasteiger partial charge in [0.05, 0.1) is 38.2 Å². The molecular weight excluding hydrogens is 529 g/mol. The number of hydrogen-bond donors (Lipinski definition) is 1. The molecule has 0 aliphatic carbocycles. The van der Waals surface area contributed by atoms with E-state index in [1.165, 1.54) is 11.3 Å². The van der Waals surface area contributed by atoms with E-state index in [2.05, 4.69) is 33.4 Å². The van der Waals surface area contributed by atoms with Crippen LogP contribution < -0.4 is 10.3 Å². The van der Waals surface area contributed by atoms with Crippen molar-refractivity contribution in [3.05, 3.63) is 83.9 Å². The quantitative estimate of drug-likeness (QED) is 0.370. The summed E-state index contributed by atoms with van der Waals surface area (Å²) in [7, 11) is 0. The summed E-state index contributed by atoms with van der Waals surface area (Å²) >= 11 is 23.2.